The van der Waals surface area contributed by atoms with E-state index in [0.29, 0.717) is 16.8 Å². The summed E-state index contributed by atoms with van der Waals surface area (Å²) in [5.74, 6) is 0. The second-order valence-corrected chi connectivity index (χ2v) is 6.62. The van der Waals surface area contributed by atoms with Crippen LogP contribution < -0.4 is 0 Å². The highest BCUT2D eigenvalue weighted by Gasteiger charge is 2.35. The topological polar surface area (TPSA) is 30.2 Å². The maximum atomic E-state index is 13.6. The lowest BCUT2D eigenvalue weighted by Crippen LogP contribution is -2.13. The zero-order chi connectivity index (χ0) is 18.3. The zero-order valence-electron chi connectivity index (χ0n) is 13.2. The zero-order valence-corrected chi connectivity index (χ0v) is 14.8. The van der Waals surface area contributed by atoms with Crippen molar-refractivity contribution in [3.8, 4) is 22.5 Å². The first-order chi connectivity index (χ1) is 12.4. The molecule has 0 unspecified atom stereocenters. The van der Waals surface area contributed by atoms with Gasteiger partial charge in [0.25, 0.3) is 0 Å². The molecule has 130 valence electrons. The van der Waals surface area contributed by atoms with Crippen molar-refractivity contribution in [2.24, 2.45) is 0 Å². The average Bonchev–Trinajstić information content (AvgIpc) is 3.05. The maximum Gasteiger partial charge on any atom is 0.433 e. The molecular formula is C19H11BrF3N3. The molecule has 0 atom stereocenters. The summed E-state index contributed by atoms with van der Waals surface area (Å²) in [6, 6.07) is 18.6. The number of alkyl halides is 3. The Bertz CT molecular complexity index is 1090. The average molecular weight is 418 g/mol. The first-order valence-electron chi connectivity index (χ1n) is 7.71. The largest absolute Gasteiger partial charge is 0.433 e. The van der Waals surface area contributed by atoms with Crippen LogP contribution in [-0.4, -0.2) is 14.6 Å². The normalized spacial score (nSPS) is 11.8. The standard InChI is InChI=1S/C19H11BrF3N3/c20-14-8-4-7-13(9-14)16-11-18-24-15(12-5-2-1-3-6-12)10-17(19(21,22)23)26(18)25-16/h1-11H. The van der Waals surface area contributed by atoms with Gasteiger partial charge in [0.1, 0.15) is 0 Å². The Hall–Kier alpha value is -2.67. The third kappa shape index (κ3) is 3.10. The highest BCUT2D eigenvalue weighted by Crippen LogP contribution is 2.33. The molecular weight excluding hydrogens is 407 g/mol. The molecule has 0 amide bonds. The lowest BCUT2D eigenvalue weighted by Gasteiger charge is -2.11. The van der Waals surface area contributed by atoms with Gasteiger partial charge >= 0.3 is 6.18 Å². The van der Waals surface area contributed by atoms with Crippen LogP contribution in [0.15, 0.2) is 71.2 Å². The Kier molecular flexibility index (Phi) is 4.03. The first kappa shape index (κ1) is 16.8. The molecule has 0 aliphatic rings. The maximum absolute atomic E-state index is 13.6. The van der Waals surface area contributed by atoms with E-state index in [4.69, 9.17) is 0 Å². The van der Waals surface area contributed by atoms with Crippen molar-refractivity contribution >= 4 is 21.6 Å². The molecule has 0 bridgehead atoms. The van der Waals surface area contributed by atoms with Crippen molar-refractivity contribution in [3.05, 3.63) is 76.9 Å². The quantitative estimate of drug-likeness (QED) is 0.409. The lowest BCUT2D eigenvalue weighted by atomic mass is 10.1. The Morgan fingerprint density at radius 3 is 2.23 bits per heavy atom. The number of hydrogen-bond acceptors (Lipinski definition) is 2. The SMILES string of the molecule is FC(F)(F)c1cc(-c2ccccc2)nc2cc(-c3cccc(Br)c3)nn12. The van der Waals surface area contributed by atoms with Crippen molar-refractivity contribution in [2.75, 3.05) is 0 Å². The van der Waals surface area contributed by atoms with E-state index in [2.05, 4.69) is 26.0 Å². The molecule has 0 N–H and O–H groups in total. The fourth-order valence-electron chi connectivity index (χ4n) is 2.72. The van der Waals surface area contributed by atoms with Crippen LogP contribution in [0.1, 0.15) is 5.69 Å². The number of nitrogens with zero attached hydrogens (tertiary/aromatic N) is 3. The van der Waals surface area contributed by atoms with Crippen LogP contribution in [0.5, 0.6) is 0 Å². The van der Waals surface area contributed by atoms with E-state index in [0.717, 1.165) is 15.1 Å². The van der Waals surface area contributed by atoms with Crippen molar-refractivity contribution in [3.63, 3.8) is 0 Å². The van der Waals surface area contributed by atoms with E-state index >= 15 is 0 Å². The van der Waals surface area contributed by atoms with Gasteiger partial charge in [0.2, 0.25) is 0 Å². The van der Waals surface area contributed by atoms with Gasteiger partial charge in [0.05, 0.1) is 11.4 Å². The van der Waals surface area contributed by atoms with Crippen molar-refractivity contribution in [1.82, 2.24) is 14.6 Å². The molecule has 0 aliphatic carbocycles. The molecule has 0 fully saturated rings. The molecule has 4 rings (SSSR count). The smallest absolute Gasteiger partial charge is 0.228 e. The molecule has 0 spiro atoms. The molecule has 3 nitrogen and oxygen atoms in total. The van der Waals surface area contributed by atoms with Gasteiger partial charge in [-0.25, -0.2) is 9.50 Å². The first-order valence-corrected chi connectivity index (χ1v) is 8.50. The van der Waals surface area contributed by atoms with Crippen LogP contribution in [0.4, 0.5) is 13.2 Å². The molecule has 2 heterocycles. The van der Waals surface area contributed by atoms with Crippen LogP contribution in [0, 0.1) is 0 Å². The summed E-state index contributed by atoms with van der Waals surface area (Å²) in [5.41, 5.74) is 1.29. The molecule has 0 radical (unpaired) electrons. The molecule has 0 aliphatic heterocycles. The Morgan fingerprint density at radius 2 is 1.54 bits per heavy atom. The predicted molar refractivity (Wildman–Crippen MR) is 96.6 cm³/mol. The molecule has 0 saturated carbocycles. The number of hydrogen-bond donors (Lipinski definition) is 0. The van der Waals surface area contributed by atoms with Gasteiger partial charge in [-0.05, 0) is 18.2 Å². The van der Waals surface area contributed by atoms with E-state index in [1.165, 1.54) is 0 Å². The van der Waals surface area contributed by atoms with Crippen molar-refractivity contribution < 1.29 is 13.2 Å². The summed E-state index contributed by atoms with van der Waals surface area (Å²) in [5, 5.41) is 4.14. The monoisotopic (exact) mass is 417 g/mol. The highest BCUT2D eigenvalue weighted by atomic mass is 79.9. The minimum atomic E-state index is -4.55. The second-order valence-electron chi connectivity index (χ2n) is 5.70. The Labute approximate surface area is 155 Å². The van der Waals surface area contributed by atoms with Crippen molar-refractivity contribution in [1.29, 1.82) is 0 Å². The fourth-order valence-corrected chi connectivity index (χ4v) is 3.12. The van der Waals surface area contributed by atoms with Gasteiger partial charge in [-0.1, -0.05) is 58.4 Å². The lowest BCUT2D eigenvalue weighted by molar-refractivity contribution is -0.142. The number of halogens is 4. The summed E-state index contributed by atoms with van der Waals surface area (Å²) >= 11 is 3.36. The molecule has 2 aromatic heterocycles. The third-order valence-electron chi connectivity index (χ3n) is 3.91. The van der Waals surface area contributed by atoms with Gasteiger partial charge in [0.15, 0.2) is 11.3 Å². The molecule has 7 heteroatoms. The van der Waals surface area contributed by atoms with Crippen LogP contribution in [0.2, 0.25) is 0 Å². The fraction of sp³-hybridized carbons (Fsp3) is 0.0526. The summed E-state index contributed by atoms with van der Waals surface area (Å²) < 4.78 is 42.5. The van der Waals surface area contributed by atoms with Crippen LogP contribution in [-0.2, 0) is 6.18 Å². The van der Waals surface area contributed by atoms with Gasteiger partial charge in [-0.2, -0.15) is 18.3 Å². The molecule has 2 aromatic carbocycles. The molecule has 0 saturated heterocycles. The van der Waals surface area contributed by atoms with Crippen LogP contribution in [0.25, 0.3) is 28.2 Å². The van der Waals surface area contributed by atoms with E-state index in [1.807, 2.05) is 6.07 Å². The van der Waals surface area contributed by atoms with Crippen LogP contribution in [0.3, 0.4) is 0 Å². The third-order valence-corrected chi connectivity index (χ3v) is 4.40. The van der Waals surface area contributed by atoms with E-state index < -0.39 is 11.9 Å². The van der Waals surface area contributed by atoms with Gasteiger partial charge in [-0.15, -0.1) is 0 Å². The second kappa shape index (κ2) is 6.25. The van der Waals surface area contributed by atoms with E-state index in [-0.39, 0.29) is 11.3 Å². The molecule has 26 heavy (non-hydrogen) atoms. The van der Waals surface area contributed by atoms with Crippen LogP contribution >= 0.6 is 15.9 Å². The number of rotatable bonds is 2. The minimum absolute atomic E-state index is 0.147. The summed E-state index contributed by atoms with van der Waals surface area (Å²) in [6.07, 6.45) is -4.55. The highest BCUT2D eigenvalue weighted by molar-refractivity contribution is 9.10. The Balaban J connectivity index is 1.96. The van der Waals surface area contributed by atoms with Gasteiger partial charge in [-0.3, -0.25) is 0 Å². The van der Waals surface area contributed by atoms with E-state index in [1.54, 1.807) is 54.6 Å². The van der Waals surface area contributed by atoms with Gasteiger partial charge < -0.3 is 0 Å². The predicted octanol–water partition coefficient (Wildman–Crippen LogP) is 5.84. The Morgan fingerprint density at radius 1 is 0.808 bits per heavy atom. The van der Waals surface area contributed by atoms with Crippen molar-refractivity contribution in [2.45, 2.75) is 6.18 Å². The minimum Gasteiger partial charge on any atom is -0.228 e. The summed E-state index contributed by atoms with van der Waals surface area (Å²) in [6.45, 7) is 0. The summed E-state index contributed by atoms with van der Waals surface area (Å²) in [4.78, 5) is 4.38. The number of aromatic nitrogens is 3. The van der Waals surface area contributed by atoms with Gasteiger partial charge in [0, 0.05) is 21.7 Å². The molecule has 4 aromatic rings. The van der Waals surface area contributed by atoms with E-state index in [9.17, 15) is 13.2 Å². The summed E-state index contributed by atoms with van der Waals surface area (Å²) in [7, 11) is 0. The number of fused-ring (bicyclic) bond motifs is 1. The number of benzene rings is 2.